The average molecular weight is 944 g/mol. The van der Waals surface area contributed by atoms with Gasteiger partial charge in [0.2, 0.25) is 0 Å². The maximum absolute atomic E-state index is 4.94. The third kappa shape index (κ3) is 12.2. The van der Waals surface area contributed by atoms with Crippen molar-refractivity contribution in [2.45, 2.75) is 82.1 Å². The molecule has 0 unspecified atom stereocenters. The first-order valence-corrected chi connectivity index (χ1v) is 19.3. The molecule has 0 aromatic heterocycles. The van der Waals surface area contributed by atoms with Gasteiger partial charge in [0.25, 0.3) is 0 Å². The fourth-order valence-electron chi connectivity index (χ4n) is 7.44. The van der Waals surface area contributed by atoms with Crippen LogP contribution in [0.5, 0.6) is 0 Å². The zero-order chi connectivity index (χ0) is 39.0. The van der Waals surface area contributed by atoms with E-state index in [2.05, 4.69) is 196 Å². The fourth-order valence-corrected chi connectivity index (χ4v) is 7.44. The van der Waals surface area contributed by atoms with Crippen molar-refractivity contribution in [3.8, 4) is 0 Å². The van der Waals surface area contributed by atoms with Crippen LogP contribution < -0.4 is 21.9 Å². The van der Waals surface area contributed by atoms with Gasteiger partial charge >= 0.3 is 31.1 Å². The van der Waals surface area contributed by atoms with Crippen LogP contribution in [0.15, 0.2) is 121 Å². The van der Waals surface area contributed by atoms with E-state index >= 15 is 0 Å². The standard InChI is InChI=1S/C24H20B.2C10H15.C4H8O.C2H6N.U/c1-5-13-21(14-6-1)25(22-15-7-2-8-16-22,23-17-9-3-10-18-23)24-19-11-4-12-20-24;2*1-6-7(2)9(4)10(5)8(6)3;1-2-4-5-3-1;1-3-2;/h1-20H;2*1-5H3;1-4H2;1-2H3;/q-1;;;;-1;+4. The summed E-state index contributed by atoms with van der Waals surface area (Å²) in [5.41, 5.74) is 5.36. The van der Waals surface area contributed by atoms with Crippen LogP contribution in [0.4, 0.5) is 0 Å². The number of ether oxygens (including phenoxy) is 1. The second-order valence-corrected chi connectivity index (χ2v) is 14.5. The van der Waals surface area contributed by atoms with E-state index in [1.165, 1.54) is 93.9 Å². The minimum absolute atomic E-state index is 0. The molecule has 1 aliphatic heterocycles. The minimum Gasteiger partial charge on any atom is -0.668 e. The topological polar surface area (TPSA) is 23.3 Å². The number of rotatable bonds is 4. The van der Waals surface area contributed by atoms with Crippen molar-refractivity contribution < 1.29 is 35.9 Å². The molecule has 0 spiro atoms. The van der Waals surface area contributed by atoms with Gasteiger partial charge in [0.1, 0.15) is 6.15 Å². The van der Waals surface area contributed by atoms with Crippen molar-refractivity contribution in [3.05, 3.63) is 186 Å². The smallest absolute Gasteiger partial charge is 0.668 e. The van der Waals surface area contributed by atoms with Gasteiger partial charge < -0.3 is 10.1 Å². The van der Waals surface area contributed by atoms with E-state index in [9.17, 15) is 0 Å². The molecule has 4 heteroatoms. The van der Waals surface area contributed by atoms with E-state index in [0.29, 0.717) is 0 Å². The Morgan fingerprint density at radius 2 is 0.519 bits per heavy atom. The monoisotopic (exact) mass is 944 g/mol. The SMILES string of the molecule is C1CCOC1.C[C]1[C](C)[C](C)[C](C)[C]1C.C[C]1[C](C)[C](C)[C](C)[C]1C.C[N-]C.[U+4].c1ccc([B-](c2ccccc2)(c2ccccc2)c2ccccc2)cc1. The first-order chi connectivity index (χ1) is 25.4. The van der Waals surface area contributed by atoms with Crippen molar-refractivity contribution >= 4 is 28.0 Å². The summed E-state index contributed by atoms with van der Waals surface area (Å²) < 4.78 is 4.94. The molecular formula is C50H64BNOU+2. The van der Waals surface area contributed by atoms with Gasteiger partial charge in [-0.05, 0) is 72.0 Å². The van der Waals surface area contributed by atoms with Gasteiger partial charge in [-0.3, -0.25) is 0 Å². The van der Waals surface area contributed by atoms with Gasteiger partial charge in [-0.15, -0.1) is 0 Å². The van der Waals surface area contributed by atoms with Crippen LogP contribution in [-0.4, -0.2) is 33.5 Å². The Kier molecular flexibility index (Phi) is 21.8. The van der Waals surface area contributed by atoms with Crippen LogP contribution in [-0.2, 0) is 4.74 Å². The Bertz CT molecular complexity index is 1220. The summed E-state index contributed by atoms with van der Waals surface area (Å²) in [5, 5.41) is 3.50. The molecular weight excluding hydrogens is 879 g/mol. The van der Waals surface area contributed by atoms with Gasteiger partial charge in [0, 0.05) is 13.2 Å². The summed E-state index contributed by atoms with van der Waals surface area (Å²) in [5.74, 6) is 14.7. The Morgan fingerprint density at radius 1 is 0.352 bits per heavy atom. The molecule has 0 atom stereocenters. The molecule has 3 fully saturated rings. The normalized spacial score (nSPS) is 18.3. The van der Waals surface area contributed by atoms with Crippen molar-refractivity contribution in [2.24, 2.45) is 0 Å². The molecule has 0 amide bonds. The van der Waals surface area contributed by atoms with E-state index in [1.807, 2.05) is 0 Å². The van der Waals surface area contributed by atoms with Gasteiger partial charge in [-0.1, -0.05) is 191 Å². The molecule has 2 aliphatic carbocycles. The predicted octanol–water partition coefficient (Wildman–Crippen LogP) is 10.4. The number of benzene rings is 4. The van der Waals surface area contributed by atoms with Crippen molar-refractivity contribution in [1.29, 1.82) is 0 Å². The Hall–Kier alpha value is -2.08. The molecule has 1 heterocycles. The molecule has 7 rings (SSSR count). The molecule has 54 heavy (non-hydrogen) atoms. The van der Waals surface area contributed by atoms with Gasteiger partial charge in [-0.25, -0.2) is 0 Å². The maximum Gasteiger partial charge on any atom is 4.00 e. The van der Waals surface area contributed by atoms with E-state index < -0.39 is 6.15 Å². The van der Waals surface area contributed by atoms with E-state index in [-0.39, 0.29) is 31.1 Å². The average Bonchev–Trinajstić information content (AvgIpc) is 3.89. The molecule has 2 nitrogen and oxygen atoms in total. The zero-order valence-electron chi connectivity index (χ0n) is 35.3. The predicted molar refractivity (Wildman–Crippen MR) is 234 cm³/mol. The summed E-state index contributed by atoms with van der Waals surface area (Å²) in [6.07, 6.45) is 1.34. The van der Waals surface area contributed by atoms with Crippen molar-refractivity contribution in [1.82, 2.24) is 0 Å². The maximum atomic E-state index is 4.94. The van der Waals surface area contributed by atoms with E-state index in [4.69, 9.17) is 4.74 Å². The van der Waals surface area contributed by atoms with Gasteiger partial charge in [-0.2, -0.15) is 35.9 Å². The molecule has 10 radical (unpaired) electrons. The Morgan fingerprint density at radius 3 is 0.648 bits per heavy atom. The quantitative estimate of drug-likeness (QED) is 0.187. The third-order valence-corrected chi connectivity index (χ3v) is 11.7. The summed E-state index contributed by atoms with van der Waals surface area (Å²) in [4.78, 5) is 0. The van der Waals surface area contributed by atoms with E-state index in [1.54, 1.807) is 14.1 Å². The minimum atomic E-state index is -1.22. The largest absolute Gasteiger partial charge is 4.00 e. The fraction of sp³-hybridized carbons (Fsp3) is 0.320. The number of hydrogen-bond acceptors (Lipinski definition) is 1. The molecule has 4 aromatic rings. The molecule has 280 valence electrons. The second-order valence-electron chi connectivity index (χ2n) is 14.5. The van der Waals surface area contributed by atoms with Crippen LogP contribution in [0.1, 0.15) is 82.1 Å². The number of hydrogen-bond donors (Lipinski definition) is 0. The van der Waals surface area contributed by atoms with Crippen LogP contribution >= 0.6 is 0 Å². The zero-order valence-corrected chi connectivity index (χ0v) is 39.5. The van der Waals surface area contributed by atoms with Crippen LogP contribution in [0.2, 0.25) is 0 Å². The van der Waals surface area contributed by atoms with Gasteiger partial charge in [0.05, 0.1) is 0 Å². The van der Waals surface area contributed by atoms with E-state index in [0.717, 1.165) is 13.2 Å². The molecule has 1 saturated heterocycles. The second kappa shape index (κ2) is 24.5. The van der Waals surface area contributed by atoms with Crippen LogP contribution in [0.25, 0.3) is 5.32 Å². The summed E-state index contributed by atoms with van der Waals surface area (Å²) in [7, 11) is 3.50. The molecule has 0 N–H and O–H groups in total. The van der Waals surface area contributed by atoms with Crippen LogP contribution in [0.3, 0.4) is 0 Å². The van der Waals surface area contributed by atoms with Crippen molar-refractivity contribution in [2.75, 3.05) is 27.3 Å². The third-order valence-electron chi connectivity index (χ3n) is 11.7. The number of nitrogens with zero attached hydrogens (tertiary/aromatic N) is 1. The van der Waals surface area contributed by atoms with Crippen molar-refractivity contribution in [3.63, 3.8) is 0 Å². The molecule has 3 aliphatic rings. The van der Waals surface area contributed by atoms with Gasteiger partial charge in [0.15, 0.2) is 0 Å². The first-order valence-electron chi connectivity index (χ1n) is 19.3. The van der Waals surface area contributed by atoms with Crippen LogP contribution in [0, 0.1) is 90.3 Å². The summed E-state index contributed by atoms with van der Waals surface area (Å²) >= 11 is 0. The Balaban J connectivity index is 0.000000286. The molecule has 4 aromatic carbocycles. The Labute approximate surface area is 356 Å². The molecule has 2 saturated carbocycles. The first kappa shape index (κ1) is 48.1. The summed E-state index contributed by atoms with van der Waals surface area (Å²) in [6, 6.07) is 43.5. The summed E-state index contributed by atoms with van der Waals surface area (Å²) in [6.45, 7) is 24.0. The molecule has 0 bridgehead atoms.